The molecule has 0 fully saturated rings. The van der Waals surface area contributed by atoms with E-state index in [-0.39, 0.29) is 5.82 Å². The van der Waals surface area contributed by atoms with Crippen molar-refractivity contribution < 1.29 is 0 Å². The fraction of sp³-hybridized carbons (Fsp3) is 0.0625. The zero-order valence-corrected chi connectivity index (χ0v) is 63.7. The first kappa shape index (κ1) is 72.6. The number of terminal acetylenes is 2. The molecule has 1 unspecified atom stereocenters. The van der Waals surface area contributed by atoms with Crippen molar-refractivity contribution in [3.63, 3.8) is 0 Å². The minimum atomic E-state index is 0.168. The summed E-state index contributed by atoms with van der Waals surface area (Å²) in [5.74, 6) is 6.64. The standard InChI is InChI=1S/C64H79B29N2/c1-4-28(67)40(69)41(70)33(18-66)94(29(5-2)26(19(3)39(68)48(77)62(91)64(92)93)15-23(17-65)37-44(73)51(80)56(85)52(81)45(37)74)30-12-8-20-7-11-25-31(13-9-21-6-10-24(30)34(20)35(21)25)95(63-60(89)58(87)59(88)61(63)90)32-16-22(36-42(71)49(78)55(84)50(79)43(36)72)14-27(32)38-46(75)53(82)57(86)54(83)47(38)76/h1-2,6-15,60H,3,16-18,65-93H2/b23-15+,29-26-,40-28-,41-33-,48-39-. The lowest BCUT2D eigenvalue weighted by atomic mass is 9.59. The molecule has 0 radical (unpaired) electrons. The first-order valence-corrected chi connectivity index (χ1v) is 34.8. The maximum absolute atomic E-state index is 7.32. The van der Waals surface area contributed by atoms with E-state index in [2.05, 4.69) is 310 Å². The van der Waals surface area contributed by atoms with Gasteiger partial charge in [0, 0.05) is 45.4 Å². The van der Waals surface area contributed by atoms with Crippen molar-refractivity contribution in [2.24, 2.45) is 0 Å². The van der Waals surface area contributed by atoms with E-state index in [1.165, 1.54) is 192 Å². The SMILES string of the molecule is BC/C(=C\C(C(=C)/C(B)=C(/B)C(B)=C(B)B)=C(/C#C)N(/C(CB)=C(B)/C(B)=C(/B)C#C)c1ccc2ccc3c(N(C4=C(c5c(B)c(B)c(B)c(B)c5B)C=C(c5c(B)c(B)c(B)c(B)c5B)C4)C4=C(B)C(B)=C(B)C4B)ccc4ccc1c2c43)c1c(B)c(B)c(B)c(B)c1B. The lowest BCUT2D eigenvalue weighted by molar-refractivity contribution is 0.998. The molecule has 0 amide bonds. The molecule has 0 bridgehead atoms. The summed E-state index contributed by atoms with van der Waals surface area (Å²) in [6.45, 7) is 5.10. The van der Waals surface area contributed by atoms with Gasteiger partial charge in [-0.05, 0) is 96.8 Å². The third-order valence-electron chi connectivity index (χ3n) is 24.5. The van der Waals surface area contributed by atoms with Crippen LogP contribution in [0.25, 0.3) is 49.0 Å². The Hall–Kier alpha value is -6.68. The average Bonchev–Trinajstić information content (AvgIpc) is 1.67. The Morgan fingerprint density at radius 2 is 0.958 bits per heavy atom. The highest BCUT2D eigenvalue weighted by Crippen LogP contribution is 2.51. The lowest BCUT2D eigenvalue weighted by Gasteiger charge is -2.36. The van der Waals surface area contributed by atoms with Crippen LogP contribution in [0, 0.1) is 24.7 Å². The second kappa shape index (κ2) is 28.0. The third kappa shape index (κ3) is 12.1. The highest BCUT2D eigenvalue weighted by atomic mass is 15.2. The zero-order valence-electron chi connectivity index (χ0n) is 63.7. The van der Waals surface area contributed by atoms with E-state index in [0.29, 0.717) is 6.32 Å². The molecule has 2 aliphatic carbocycles. The predicted molar refractivity (Wildman–Crippen MR) is 514 cm³/mol. The Bertz CT molecular complexity index is 4930. The number of nitrogens with zero attached hydrogens (tertiary/aromatic N) is 2. The summed E-state index contributed by atoms with van der Waals surface area (Å²) in [5.41, 5.74) is 47.4. The average molecular weight is 1190 g/mol. The summed E-state index contributed by atoms with van der Waals surface area (Å²) >= 11 is 0. The van der Waals surface area contributed by atoms with Gasteiger partial charge >= 0.3 is 0 Å². The van der Waals surface area contributed by atoms with Crippen molar-refractivity contribution in [2.75, 3.05) is 9.80 Å². The predicted octanol–water partition coefficient (Wildman–Crippen LogP) is -24.1. The van der Waals surface area contributed by atoms with Gasteiger partial charge in [-0.15, -0.1) is 83.9 Å². The molecule has 0 heterocycles. The number of hydrogen-bond acceptors (Lipinski definition) is 2. The van der Waals surface area contributed by atoms with Crippen molar-refractivity contribution in [1.29, 1.82) is 0 Å². The number of hydrogen-bond donors (Lipinski definition) is 0. The summed E-state index contributed by atoms with van der Waals surface area (Å²) in [5, 5.41) is 8.40. The van der Waals surface area contributed by atoms with Gasteiger partial charge in [-0.1, -0.05) is 116 Å². The van der Waals surface area contributed by atoms with Crippen LogP contribution in [0.1, 0.15) is 23.1 Å². The van der Waals surface area contributed by atoms with E-state index in [4.69, 9.17) is 19.4 Å². The van der Waals surface area contributed by atoms with Gasteiger partial charge in [0.25, 0.3) is 0 Å². The topological polar surface area (TPSA) is 6.48 Å². The van der Waals surface area contributed by atoms with E-state index < -0.39 is 0 Å². The third-order valence-corrected chi connectivity index (χ3v) is 24.5. The van der Waals surface area contributed by atoms with Gasteiger partial charge < -0.3 is 9.80 Å². The molecule has 31 heteroatoms. The van der Waals surface area contributed by atoms with E-state index in [1.807, 2.05) is 0 Å². The molecule has 0 saturated heterocycles. The summed E-state index contributed by atoms with van der Waals surface area (Å²) in [6.07, 6.45) is 20.9. The zero-order chi connectivity index (χ0) is 70.3. The molecule has 0 saturated carbocycles. The van der Waals surface area contributed by atoms with Crippen LogP contribution in [0.3, 0.4) is 0 Å². The molecule has 9 rings (SSSR count). The van der Waals surface area contributed by atoms with Crippen molar-refractivity contribution >= 4 is 370 Å². The van der Waals surface area contributed by atoms with Crippen LogP contribution in [0.15, 0.2) is 156 Å². The number of allylic oxidation sites excluding steroid dienone is 18. The van der Waals surface area contributed by atoms with Gasteiger partial charge in [-0.25, -0.2) is 0 Å². The number of anilines is 2. The van der Waals surface area contributed by atoms with E-state index in [1.54, 1.807) is 0 Å². The van der Waals surface area contributed by atoms with Gasteiger partial charge in [-0.2, -0.15) is 5.37 Å². The molecular formula is C64H79B29N2. The van der Waals surface area contributed by atoms with Gasteiger partial charge in [0.15, 0.2) is 0 Å². The molecule has 2 aliphatic rings. The second-order valence-corrected chi connectivity index (χ2v) is 28.6. The quantitative estimate of drug-likeness (QED) is 0.0412. The minimum Gasteiger partial charge on any atom is -0.317 e. The van der Waals surface area contributed by atoms with Crippen molar-refractivity contribution in [2.45, 2.75) is 24.9 Å². The maximum Gasteiger partial charge on any atom is 0.149 e. The molecule has 1 atom stereocenters. The van der Waals surface area contributed by atoms with Crippen molar-refractivity contribution in [3.8, 4) is 24.7 Å². The van der Waals surface area contributed by atoms with E-state index >= 15 is 0 Å². The van der Waals surface area contributed by atoms with Crippen LogP contribution >= 0.6 is 0 Å². The molecule has 0 N–H and O–H groups in total. The summed E-state index contributed by atoms with van der Waals surface area (Å²) in [7, 11) is 66.2. The number of rotatable bonds is 16. The Balaban J connectivity index is 1.46. The Kier molecular flexibility index (Phi) is 21.4. The molecule has 0 aliphatic heterocycles. The lowest BCUT2D eigenvalue weighted by Crippen LogP contribution is -2.56. The monoisotopic (exact) mass is 1190 g/mol. The maximum atomic E-state index is 7.32. The second-order valence-electron chi connectivity index (χ2n) is 28.6. The van der Waals surface area contributed by atoms with Gasteiger partial charge in [0.05, 0.1) is 11.4 Å². The van der Waals surface area contributed by atoms with Gasteiger partial charge in [0.2, 0.25) is 0 Å². The smallest absolute Gasteiger partial charge is 0.149 e. The Morgan fingerprint density at radius 1 is 0.505 bits per heavy atom. The molecule has 0 aromatic heterocycles. The van der Waals surface area contributed by atoms with E-state index in [9.17, 15) is 0 Å². The first-order valence-electron chi connectivity index (χ1n) is 34.8. The van der Waals surface area contributed by atoms with Crippen molar-refractivity contribution in [1.82, 2.24) is 0 Å². The van der Waals surface area contributed by atoms with Gasteiger partial charge in [0.1, 0.15) is 233 Å². The van der Waals surface area contributed by atoms with Crippen LogP contribution in [-0.4, -0.2) is 228 Å². The molecule has 7 aromatic rings. The van der Waals surface area contributed by atoms with Crippen LogP contribution in [0.4, 0.5) is 11.4 Å². The highest BCUT2D eigenvalue weighted by Gasteiger charge is 2.37. The largest absolute Gasteiger partial charge is 0.317 e. The summed E-state index contributed by atoms with van der Waals surface area (Å²) < 4.78 is 0. The minimum absolute atomic E-state index is 0.168. The Labute approximate surface area is 597 Å². The number of benzene rings is 7. The van der Waals surface area contributed by atoms with Crippen LogP contribution in [0.2, 0.25) is 18.5 Å². The first-order chi connectivity index (χ1) is 44.7. The normalized spacial score (nSPS) is 15.3. The fourth-order valence-corrected chi connectivity index (χ4v) is 16.1. The molecular weight excluding hydrogens is 1110 g/mol. The molecule has 432 valence electrons. The fourth-order valence-electron chi connectivity index (χ4n) is 16.1. The van der Waals surface area contributed by atoms with Crippen LogP contribution in [-0.2, 0) is 0 Å². The Morgan fingerprint density at radius 3 is 1.40 bits per heavy atom. The molecule has 7 aromatic carbocycles. The molecule has 95 heavy (non-hydrogen) atoms. The van der Waals surface area contributed by atoms with Gasteiger partial charge in [-0.3, -0.25) is 0 Å². The highest BCUT2D eigenvalue weighted by molar-refractivity contribution is 6.71. The van der Waals surface area contributed by atoms with Crippen LogP contribution in [0.5, 0.6) is 0 Å². The summed E-state index contributed by atoms with van der Waals surface area (Å²) in [6, 6.07) is 19.0. The van der Waals surface area contributed by atoms with E-state index in [0.717, 1.165) is 68.2 Å². The van der Waals surface area contributed by atoms with Crippen molar-refractivity contribution in [3.05, 3.63) is 173 Å². The molecule has 2 nitrogen and oxygen atoms in total. The summed E-state index contributed by atoms with van der Waals surface area (Å²) in [4.78, 5) is 5.19. The van der Waals surface area contributed by atoms with Crippen LogP contribution < -0.4 is 91.7 Å². The molecule has 0 spiro atoms.